The summed E-state index contributed by atoms with van der Waals surface area (Å²) >= 11 is 0. The van der Waals surface area contributed by atoms with Gasteiger partial charge in [0.2, 0.25) is 0 Å². The van der Waals surface area contributed by atoms with Gasteiger partial charge in [-0.15, -0.1) is 0 Å². The summed E-state index contributed by atoms with van der Waals surface area (Å²) in [6.45, 7) is 6.72. The lowest BCUT2D eigenvalue weighted by molar-refractivity contribution is -0.147. The fourth-order valence-corrected chi connectivity index (χ4v) is 5.03. The van der Waals surface area contributed by atoms with E-state index in [4.69, 9.17) is 18.9 Å². The van der Waals surface area contributed by atoms with E-state index in [0.717, 1.165) is 44.9 Å². The normalized spacial score (nSPS) is 30.3. The molecule has 3 aliphatic rings. The summed E-state index contributed by atoms with van der Waals surface area (Å²) in [5.41, 5.74) is -0.531. The van der Waals surface area contributed by atoms with Gasteiger partial charge in [0.15, 0.2) is 0 Å². The van der Waals surface area contributed by atoms with Crippen molar-refractivity contribution in [3.05, 3.63) is 0 Å². The number of hydrogen-bond acceptors (Lipinski definition) is 6. The maximum absolute atomic E-state index is 12.9. The highest BCUT2D eigenvalue weighted by atomic mass is 16.6. The van der Waals surface area contributed by atoms with Crippen LogP contribution in [-0.2, 0) is 23.7 Å². The van der Waals surface area contributed by atoms with E-state index in [9.17, 15) is 9.59 Å². The van der Waals surface area contributed by atoms with Gasteiger partial charge in [-0.3, -0.25) is 4.79 Å². The molecular formula is C24H41NO6. The first-order valence-electron chi connectivity index (χ1n) is 12.1. The zero-order valence-corrected chi connectivity index (χ0v) is 19.8. The van der Waals surface area contributed by atoms with Gasteiger partial charge in [-0.1, -0.05) is 19.3 Å². The predicted octanol–water partition coefficient (Wildman–Crippen LogP) is 4.46. The van der Waals surface area contributed by atoms with Crippen LogP contribution in [0.25, 0.3) is 0 Å². The maximum Gasteiger partial charge on any atom is 0.410 e. The standard InChI is InChI=1S/C24H41NO6/c1-24(2,3)31-23(27)25-15-21(30-20-8-6-5-7-9-20)14-18(25)16-29-19-12-10-17(11-13-19)22(26)28-4/h17-21H,5-16H2,1-4H3/t17-,18-,19-,21-/m0/s1. The van der Waals surface area contributed by atoms with Crippen molar-refractivity contribution in [2.75, 3.05) is 20.3 Å². The lowest BCUT2D eigenvalue weighted by Gasteiger charge is -2.31. The van der Waals surface area contributed by atoms with Gasteiger partial charge in [0.05, 0.1) is 50.5 Å². The number of ether oxygens (including phenoxy) is 4. The Bertz CT molecular complexity index is 589. The van der Waals surface area contributed by atoms with Crippen molar-refractivity contribution in [2.24, 2.45) is 5.92 Å². The van der Waals surface area contributed by atoms with Crippen molar-refractivity contribution in [3.63, 3.8) is 0 Å². The second kappa shape index (κ2) is 11.0. The first kappa shape index (κ1) is 24.3. The Balaban J connectivity index is 1.53. The number of amides is 1. The third kappa shape index (κ3) is 7.35. The summed E-state index contributed by atoms with van der Waals surface area (Å²) in [6.07, 6.45) is 10.3. The van der Waals surface area contributed by atoms with Crippen LogP contribution >= 0.6 is 0 Å². The van der Waals surface area contributed by atoms with Crippen LogP contribution in [-0.4, -0.2) is 67.2 Å². The topological polar surface area (TPSA) is 74.3 Å². The molecule has 1 amide bonds. The molecule has 0 N–H and O–H groups in total. The molecule has 0 spiro atoms. The predicted molar refractivity (Wildman–Crippen MR) is 117 cm³/mol. The van der Waals surface area contributed by atoms with Gasteiger partial charge in [-0.2, -0.15) is 0 Å². The minimum Gasteiger partial charge on any atom is -0.469 e. The molecular weight excluding hydrogens is 398 g/mol. The highest BCUT2D eigenvalue weighted by Crippen LogP contribution is 2.31. The van der Waals surface area contributed by atoms with Crippen LogP contribution in [0.2, 0.25) is 0 Å². The molecule has 1 aliphatic heterocycles. The van der Waals surface area contributed by atoms with Crippen LogP contribution in [0.4, 0.5) is 4.79 Å². The second-order valence-electron chi connectivity index (χ2n) is 10.4. The van der Waals surface area contributed by atoms with E-state index in [2.05, 4.69) is 0 Å². The van der Waals surface area contributed by atoms with Crippen LogP contribution < -0.4 is 0 Å². The Labute approximate surface area is 187 Å². The molecule has 2 atom stereocenters. The van der Waals surface area contributed by atoms with Crippen LogP contribution in [0, 0.1) is 5.92 Å². The van der Waals surface area contributed by atoms with E-state index in [1.54, 1.807) is 4.90 Å². The Hall–Kier alpha value is -1.34. The van der Waals surface area contributed by atoms with Crippen LogP contribution in [0.3, 0.4) is 0 Å². The highest BCUT2D eigenvalue weighted by molar-refractivity contribution is 5.72. The van der Waals surface area contributed by atoms with Crippen LogP contribution in [0.15, 0.2) is 0 Å². The summed E-state index contributed by atoms with van der Waals surface area (Å²) in [4.78, 5) is 26.4. The number of carbonyl (C=O) groups is 2. The highest BCUT2D eigenvalue weighted by Gasteiger charge is 2.40. The van der Waals surface area contributed by atoms with Crippen LogP contribution in [0.5, 0.6) is 0 Å². The minimum atomic E-state index is -0.531. The molecule has 0 aromatic carbocycles. The van der Waals surface area contributed by atoms with Crippen LogP contribution in [0.1, 0.15) is 85.0 Å². The molecule has 31 heavy (non-hydrogen) atoms. The van der Waals surface area contributed by atoms with Crippen molar-refractivity contribution in [2.45, 2.75) is 115 Å². The zero-order chi connectivity index (χ0) is 22.4. The SMILES string of the molecule is COC(=O)[C@H]1CC[C@H](OC[C@@H]2C[C@H](OC3CCCCC3)CN2C(=O)OC(C)(C)C)CC1. The number of nitrogens with zero attached hydrogens (tertiary/aromatic N) is 1. The molecule has 0 radical (unpaired) electrons. The third-order valence-electron chi connectivity index (χ3n) is 6.67. The van der Waals surface area contributed by atoms with Gasteiger partial charge in [-0.05, 0) is 65.7 Å². The summed E-state index contributed by atoms with van der Waals surface area (Å²) < 4.78 is 23.1. The van der Waals surface area contributed by atoms with Gasteiger partial charge in [0.25, 0.3) is 0 Å². The summed E-state index contributed by atoms with van der Waals surface area (Å²) in [5.74, 6) is -0.129. The number of rotatable bonds is 6. The quantitative estimate of drug-likeness (QED) is 0.569. The van der Waals surface area contributed by atoms with Gasteiger partial charge >= 0.3 is 12.1 Å². The summed E-state index contributed by atoms with van der Waals surface area (Å²) in [5, 5.41) is 0. The molecule has 3 fully saturated rings. The van der Waals surface area contributed by atoms with E-state index in [1.165, 1.54) is 26.4 Å². The zero-order valence-electron chi connectivity index (χ0n) is 19.8. The Morgan fingerprint density at radius 3 is 2.19 bits per heavy atom. The van der Waals surface area contributed by atoms with Gasteiger partial charge < -0.3 is 23.8 Å². The van der Waals surface area contributed by atoms with Crippen molar-refractivity contribution in [1.29, 1.82) is 0 Å². The Kier molecular flexibility index (Phi) is 8.62. The molecule has 3 rings (SSSR count). The Morgan fingerprint density at radius 1 is 0.903 bits per heavy atom. The van der Waals surface area contributed by atoms with E-state index in [0.29, 0.717) is 19.3 Å². The second-order valence-corrected chi connectivity index (χ2v) is 10.4. The molecule has 178 valence electrons. The molecule has 7 nitrogen and oxygen atoms in total. The maximum atomic E-state index is 12.9. The smallest absolute Gasteiger partial charge is 0.410 e. The van der Waals surface area contributed by atoms with E-state index in [-0.39, 0.29) is 36.2 Å². The minimum absolute atomic E-state index is 0.0112. The van der Waals surface area contributed by atoms with E-state index in [1.807, 2.05) is 20.8 Å². The number of likely N-dealkylation sites (tertiary alicyclic amines) is 1. The molecule has 2 saturated carbocycles. The van der Waals surface area contributed by atoms with Crippen molar-refractivity contribution in [1.82, 2.24) is 4.90 Å². The molecule has 0 aromatic heterocycles. The number of hydrogen-bond donors (Lipinski definition) is 0. The average Bonchev–Trinajstić information content (AvgIpc) is 3.14. The largest absolute Gasteiger partial charge is 0.469 e. The summed E-state index contributed by atoms with van der Waals surface area (Å²) in [7, 11) is 1.45. The van der Waals surface area contributed by atoms with Gasteiger partial charge in [0.1, 0.15) is 5.60 Å². The fraction of sp³-hybridized carbons (Fsp3) is 0.917. The average molecular weight is 440 g/mol. The number of methoxy groups -OCH3 is 1. The number of esters is 1. The molecule has 7 heteroatoms. The first-order chi connectivity index (χ1) is 14.7. The molecule has 2 aliphatic carbocycles. The lowest BCUT2D eigenvalue weighted by Crippen LogP contribution is -2.42. The monoisotopic (exact) mass is 439 g/mol. The molecule has 0 unspecified atom stereocenters. The molecule has 1 heterocycles. The summed E-state index contributed by atoms with van der Waals surface area (Å²) in [6, 6.07) is -0.0400. The molecule has 0 aromatic rings. The van der Waals surface area contributed by atoms with E-state index >= 15 is 0 Å². The first-order valence-corrected chi connectivity index (χ1v) is 12.1. The van der Waals surface area contributed by atoms with Crippen molar-refractivity contribution >= 4 is 12.1 Å². The molecule has 0 bridgehead atoms. The Morgan fingerprint density at radius 2 is 1.58 bits per heavy atom. The van der Waals surface area contributed by atoms with Gasteiger partial charge in [-0.25, -0.2) is 4.79 Å². The van der Waals surface area contributed by atoms with E-state index < -0.39 is 5.60 Å². The van der Waals surface area contributed by atoms with Gasteiger partial charge in [0, 0.05) is 0 Å². The third-order valence-corrected chi connectivity index (χ3v) is 6.67. The lowest BCUT2D eigenvalue weighted by atomic mass is 9.87. The number of carbonyl (C=O) groups excluding carboxylic acids is 2. The fourth-order valence-electron chi connectivity index (χ4n) is 5.03. The van der Waals surface area contributed by atoms with Crippen molar-refractivity contribution < 1.29 is 28.5 Å². The molecule has 1 saturated heterocycles. The van der Waals surface area contributed by atoms with Crippen molar-refractivity contribution in [3.8, 4) is 0 Å².